The third-order valence-electron chi connectivity index (χ3n) is 2.76. The fraction of sp³-hybridized carbons (Fsp3) is 0.0833. The predicted octanol–water partition coefficient (Wildman–Crippen LogP) is 1.57. The van der Waals surface area contributed by atoms with Crippen LogP contribution in [0.25, 0.3) is 10.9 Å². The van der Waals surface area contributed by atoms with Crippen molar-refractivity contribution in [2.24, 2.45) is 0 Å². The Kier molecular flexibility index (Phi) is 2.88. The Morgan fingerprint density at radius 2 is 2.26 bits per heavy atom. The SMILES string of the molecule is Nc1cc2c(=O)[nH]cnc2cc1NCc1cscn1. The summed E-state index contributed by atoms with van der Waals surface area (Å²) in [6.07, 6.45) is 1.38. The van der Waals surface area contributed by atoms with Gasteiger partial charge in [-0.15, -0.1) is 11.3 Å². The standard InChI is InChI=1S/C12H11N5OS/c13-9-1-8-10(15-5-16-12(8)18)2-11(9)14-3-7-4-19-6-17-7/h1-2,4-6,14H,3,13H2,(H,15,16,18). The maximum Gasteiger partial charge on any atom is 0.258 e. The molecule has 3 rings (SSSR count). The zero-order chi connectivity index (χ0) is 13.2. The van der Waals surface area contributed by atoms with E-state index in [1.165, 1.54) is 6.33 Å². The summed E-state index contributed by atoms with van der Waals surface area (Å²) in [6.45, 7) is 0.586. The van der Waals surface area contributed by atoms with Crippen LogP contribution in [-0.4, -0.2) is 15.0 Å². The van der Waals surface area contributed by atoms with Crippen molar-refractivity contribution in [3.05, 3.63) is 45.4 Å². The van der Waals surface area contributed by atoms with Crippen molar-refractivity contribution in [1.82, 2.24) is 15.0 Å². The number of hydrogen-bond acceptors (Lipinski definition) is 6. The Hall–Kier alpha value is -2.41. The van der Waals surface area contributed by atoms with Crippen molar-refractivity contribution in [2.45, 2.75) is 6.54 Å². The maximum atomic E-state index is 11.6. The lowest BCUT2D eigenvalue weighted by molar-refractivity contribution is 1.07. The number of benzene rings is 1. The second kappa shape index (κ2) is 4.69. The number of fused-ring (bicyclic) bond motifs is 1. The number of aromatic nitrogens is 3. The molecule has 19 heavy (non-hydrogen) atoms. The number of nitrogen functional groups attached to an aromatic ring is 1. The highest BCUT2D eigenvalue weighted by atomic mass is 32.1. The third-order valence-corrected chi connectivity index (χ3v) is 3.39. The van der Waals surface area contributed by atoms with Crippen LogP contribution in [0.1, 0.15) is 5.69 Å². The second-order valence-corrected chi connectivity index (χ2v) is 4.74. The van der Waals surface area contributed by atoms with Gasteiger partial charge in [0.05, 0.1) is 46.4 Å². The molecule has 7 heteroatoms. The summed E-state index contributed by atoms with van der Waals surface area (Å²) < 4.78 is 0. The summed E-state index contributed by atoms with van der Waals surface area (Å²) in [4.78, 5) is 22.4. The summed E-state index contributed by atoms with van der Waals surface area (Å²) >= 11 is 1.54. The van der Waals surface area contributed by atoms with E-state index in [4.69, 9.17) is 5.73 Å². The Labute approximate surface area is 112 Å². The Balaban J connectivity index is 1.95. The first-order valence-corrected chi connectivity index (χ1v) is 6.56. The zero-order valence-electron chi connectivity index (χ0n) is 9.88. The smallest absolute Gasteiger partial charge is 0.258 e. The molecule has 0 spiro atoms. The van der Waals surface area contributed by atoms with E-state index in [2.05, 4.69) is 20.3 Å². The van der Waals surface area contributed by atoms with Gasteiger partial charge in [-0.2, -0.15) is 0 Å². The molecule has 1 aromatic carbocycles. The highest BCUT2D eigenvalue weighted by Crippen LogP contribution is 2.23. The minimum atomic E-state index is -0.192. The fourth-order valence-corrected chi connectivity index (χ4v) is 2.35. The highest BCUT2D eigenvalue weighted by molar-refractivity contribution is 7.07. The summed E-state index contributed by atoms with van der Waals surface area (Å²) in [5, 5.41) is 5.64. The monoisotopic (exact) mass is 273 g/mol. The van der Waals surface area contributed by atoms with Crippen molar-refractivity contribution in [1.29, 1.82) is 0 Å². The predicted molar refractivity (Wildman–Crippen MR) is 76.2 cm³/mol. The number of anilines is 2. The number of aromatic amines is 1. The molecule has 96 valence electrons. The fourth-order valence-electron chi connectivity index (χ4n) is 1.80. The summed E-state index contributed by atoms with van der Waals surface area (Å²) in [5.74, 6) is 0. The van der Waals surface area contributed by atoms with Crippen molar-refractivity contribution < 1.29 is 0 Å². The van der Waals surface area contributed by atoms with Gasteiger partial charge in [-0.3, -0.25) is 4.79 Å². The first-order chi connectivity index (χ1) is 9.24. The first kappa shape index (κ1) is 11.7. The molecular formula is C12H11N5OS. The normalized spacial score (nSPS) is 10.7. The molecule has 2 heterocycles. The molecule has 6 nitrogen and oxygen atoms in total. The van der Waals surface area contributed by atoms with E-state index >= 15 is 0 Å². The molecule has 0 amide bonds. The van der Waals surface area contributed by atoms with Crippen LogP contribution >= 0.6 is 11.3 Å². The van der Waals surface area contributed by atoms with Gasteiger partial charge in [-0.1, -0.05) is 0 Å². The van der Waals surface area contributed by atoms with Gasteiger partial charge >= 0.3 is 0 Å². The van der Waals surface area contributed by atoms with Crippen LogP contribution in [0.3, 0.4) is 0 Å². The summed E-state index contributed by atoms with van der Waals surface area (Å²) in [5.41, 5.74) is 10.3. The topological polar surface area (TPSA) is 96.7 Å². The van der Waals surface area contributed by atoms with Gasteiger partial charge in [-0.05, 0) is 12.1 Å². The Morgan fingerprint density at radius 1 is 1.37 bits per heavy atom. The number of nitrogens with zero attached hydrogens (tertiary/aromatic N) is 2. The van der Waals surface area contributed by atoms with Crippen LogP contribution in [0, 0.1) is 0 Å². The van der Waals surface area contributed by atoms with Crippen LogP contribution in [0.2, 0.25) is 0 Å². The largest absolute Gasteiger partial charge is 0.397 e. The molecule has 0 radical (unpaired) electrons. The summed E-state index contributed by atoms with van der Waals surface area (Å²) in [6, 6.07) is 3.40. The van der Waals surface area contributed by atoms with Gasteiger partial charge in [0.2, 0.25) is 0 Å². The van der Waals surface area contributed by atoms with Gasteiger partial charge in [0.15, 0.2) is 0 Å². The molecule has 0 atom stereocenters. The Bertz CT molecular complexity index is 765. The van der Waals surface area contributed by atoms with E-state index in [-0.39, 0.29) is 5.56 Å². The average Bonchev–Trinajstić information content (AvgIpc) is 2.91. The number of thiazole rings is 1. The molecule has 4 N–H and O–H groups in total. The summed E-state index contributed by atoms with van der Waals surface area (Å²) in [7, 11) is 0. The molecule has 2 aromatic heterocycles. The number of nitrogens with one attached hydrogen (secondary N) is 2. The van der Waals surface area contributed by atoms with Gasteiger partial charge in [0.1, 0.15) is 0 Å². The molecule has 0 fully saturated rings. The molecule has 0 unspecified atom stereocenters. The minimum absolute atomic E-state index is 0.192. The molecule has 0 aliphatic heterocycles. The van der Waals surface area contributed by atoms with Crippen LogP contribution in [0.4, 0.5) is 11.4 Å². The van der Waals surface area contributed by atoms with Crippen molar-refractivity contribution in [3.8, 4) is 0 Å². The third kappa shape index (κ3) is 2.27. The van der Waals surface area contributed by atoms with E-state index in [9.17, 15) is 4.79 Å². The minimum Gasteiger partial charge on any atom is -0.397 e. The van der Waals surface area contributed by atoms with Crippen molar-refractivity contribution in [2.75, 3.05) is 11.1 Å². The second-order valence-electron chi connectivity index (χ2n) is 4.02. The van der Waals surface area contributed by atoms with E-state index in [0.717, 1.165) is 11.4 Å². The van der Waals surface area contributed by atoms with E-state index in [0.29, 0.717) is 23.1 Å². The zero-order valence-corrected chi connectivity index (χ0v) is 10.7. The number of nitrogens with two attached hydrogens (primary N) is 1. The maximum absolute atomic E-state index is 11.6. The lowest BCUT2D eigenvalue weighted by Gasteiger charge is -2.09. The molecule has 0 aliphatic carbocycles. The molecule has 3 aromatic rings. The molecule has 0 bridgehead atoms. The molecular weight excluding hydrogens is 262 g/mol. The Morgan fingerprint density at radius 3 is 3.05 bits per heavy atom. The van der Waals surface area contributed by atoms with E-state index in [1.54, 1.807) is 29.0 Å². The van der Waals surface area contributed by atoms with Gasteiger partial charge < -0.3 is 16.0 Å². The van der Waals surface area contributed by atoms with Gasteiger partial charge in [-0.25, -0.2) is 9.97 Å². The first-order valence-electron chi connectivity index (χ1n) is 5.62. The molecule has 0 aliphatic rings. The van der Waals surface area contributed by atoms with E-state index in [1.807, 2.05) is 5.38 Å². The van der Waals surface area contributed by atoms with Crippen molar-refractivity contribution >= 4 is 33.6 Å². The average molecular weight is 273 g/mol. The highest BCUT2D eigenvalue weighted by Gasteiger charge is 2.06. The van der Waals surface area contributed by atoms with E-state index < -0.39 is 0 Å². The number of rotatable bonds is 3. The molecule has 0 saturated heterocycles. The van der Waals surface area contributed by atoms with Crippen LogP contribution in [0.5, 0.6) is 0 Å². The van der Waals surface area contributed by atoms with Gasteiger partial charge in [0.25, 0.3) is 5.56 Å². The van der Waals surface area contributed by atoms with Crippen molar-refractivity contribution in [3.63, 3.8) is 0 Å². The lowest BCUT2D eigenvalue weighted by atomic mass is 10.2. The molecule has 0 saturated carbocycles. The number of hydrogen-bond donors (Lipinski definition) is 3. The number of H-pyrrole nitrogens is 1. The van der Waals surface area contributed by atoms with Gasteiger partial charge in [0, 0.05) is 5.38 Å². The van der Waals surface area contributed by atoms with Crippen LogP contribution < -0.4 is 16.6 Å². The van der Waals surface area contributed by atoms with Crippen LogP contribution in [-0.2, 0) is 6.54 Å². The lowest BCUT2D eigenvalue weighted by Crippen LogP contribution is -2.08. The van der Waals surface area contributed by atoms with Crippen LogP contribution in [0.15, 0.2) is 34.1 Å². The quantitative estimate of drug-likeness (QED) is 0.629.